The van der Waals surface area contributed by atoms with Crippen LogP contribution in [-0.4, -0.2) is 24.6 Å². The van der Waals surface area contributed by atoms with E-state index in [2.05, 4.69) is 6.58 Å². The summed E-state index contributed by atoms with van der Waals surface area (Å²) in [6, 6.07) is 0. The van der Waals surface area contributed by atoms with Crippen molar-refractivity contribution in [3.8, 4) is 0 Å². The lowest BCUT2D eigenvalue weighted by Crippen LogP contribution is -2.36. The number of esters is 2. The van der Waals surface area contributed by atoms with E-state index >= 15 is 0 Å². The van der Waals surface area contributed by atoms with Crippen LogP contribution in [0.15, 0.2) is 12.7 Å². The average molecular weight is 196 g/mol. The summed E-state index contributed by atoms with van der Waals surface area (Å²) in [5.41, 5.74) is -1.10. The van der Waals surface area contributed by atoms with Crippen molar-refractivity contribution in [3.05, 3.63) is 12.7 Å². The molecule has 2 fully saturated rings. The molecule has 0 N–H and O–H groups in total. The highest BCUT2D eigenvalue weighted by atomic mass is 16.6. The molecule has 76 valence electrons. The second-order valence-corrected chi connectivity index (χ2v) is 3.78. The van der Waals surface area contributed by atoms with E-state index in [0.29, 0.717) is 6.42 Å². The van der Waals surface area contributed by atoms with E-state index in [4.69, 9.17) is 9.47 Å². The first-order chi connectivity index (χ1) is 6.63. The Labute approximate surface area is 81.9 Å². The zero-order valence-corrected chi connectivity index (χ0v) is 7.99. The molecule has 0 bridgehead atoms. The second-order valence-electron chi connectivity index (χ2n) is 3.78. The number of rotatable bonds is 2. The summed E-state index contributed by atoms with van der Waals surface area (Å²) in [6.45, 7) is 5.62. The Hall–Kier alpha value is -1.32. The van der Waals surface area contributed by atoms with E-state index < -0.39 is 17.4 Å². The van der Waals surface area contributed by atoms with Crippen LogP contribution in [0.25, 0.3) is 0 Å². The van der Waals surface area contributed by atoms with Crippen molar-refractivity contribution in [2.75, 3.05) is 6.61 Å². The Morgan fingerprint density at radius 2 is 2.29 bits per heavy atom. The molecule has 0 aromatic heterocycles. The van der Waals surface area contributed by atoms with Crippen molar-refractivity contribution in [1.29, 1.82) is 0 Å². The van der Waals surface area contributed by atoms with Crippen LogP contribution in [-0.2, 0) is 19.1 Å². The van der Waals surface area contributed by atoms with Gasteiger partial charge in [0, 0.05) is 0 Å². The molecule has 3 atom stereocenters. The molecule has 4 heteroatoms. The smallest absolute Gasteiger partial charge is 0.324 e. The molecular formula is C10H12O4. The van der Waals surface area contributed by atoms with E-state index in [9.17, 15) is 9.59 Å². The third kappa shape index (κ3) is 0.882. The Morgan fingerprint density at radius 3 is 2.93 bits per heavy atom. The second kappa shape index (κ2) is 2.83. The fourth-order valence-corrected chi connectivity index (χ4v) is 2.26. The molecular weight excluding hydrogens is 184 g/mol. The summed E-state index contributed by atoms with van der Waals surface area (Å²) >= 11 is 0. The minimum Gasteiger partial charge on any atom is -0.464 e. The van der Waals surface area contributed by atoms with Gasteiger partial charge in [-0.05, 0) is 13.3 Å². The van der Waals surface area contributed by atoms with E-state index in [0.717, 1.165) is 0 Å². The zero-order valence-electron chi connectivity index (χ0n) is 7.99. The van der Waals surface area contributed by atoms with E-state index in [1.165, 1.54) is 0 Å². The van der Waals surface area contributed by atoms with Crippen LogP contribution in [0.1, 0.15) is 13.3 Å². The minimum atomic E-state index is -1.10. The summed E-state index contributed by atoms with van der Waals surface area (Å²) < 4.78 is 10.00. The van der Waals surface area contributed by atoms with Gasteiger partial charge in [0.15, 0.2) is 5.41 Å². The van der Waals surface area contributed by atoms with Crippen LogP contribution in [0.3, 0.4) is 0 Å². The monoisotopic (exact) mass is 196 g/mol. The molecule has 0 radical (unpaired) electrons. The van der Waals surface area contributed by atoms with Crippen LogP contribution >= 0.6 is 0 Å². The number of hydrogen-bond acceptors (Lipinski definition) is 4. The Kier molecular flexibility index (Phi) is 1.87. The number of carbonyl (C=O) groups excluding carboxylic acids is 2. The summed E-state index contributed by atoms with van der Waals surface area (Å²) in [5.74, 6) is -1.07. The molecule has 0 aliphatic carbocycles. The molecule has 0 amide bonds. The molecule has 2 heterocycles. The van der Waals surface area contributed by atoms with Crippen LogP contribution in [0.2, 0.25) is 0 Å². The van der Waals surface area contributed by atoms with Crippen molar-refractivity contribution in [3.63, 3.8) is 0 Å². The van der Waals surface area contributed by atoms with Gasteiger partial charge < -0.3 is 9.47 Å². The van der Waals surface area contributed by atoms with Gasteiger partial charge in [-0.1, -0.05) is 6.08 Å². The first-order valence-corrected chi connectivity index (χ1v) is 4.62. The van der Waals surface area contributed by atoms with Gasteiger partial charge >= 0.3 is 11.9 Å². The van der Waals surface area contributed by atoms with E-state index in [1.807, 2.05) is 0 Å². The van der Waals surface area contributed by atoms with Gasteiger partial charge in [0.1, 0.15) is 6.10 Å². The molecule has 1 unspecified atom stereocenters. The third-order valence-electron chi connectivity index (χ3n) is 3.08. The van der Waals surface area contributed by atoms with Gasteiger partial charge in [-0.3, -0.25) is 9.59 Å². The maximum atomic E-state index is 11.6. The Bertz CT molecular complexity index is 309. The van der Waals surface area contributed by atoms with Crippen molar-refractivity contribution in [2.24, 2.45) is 11.3 Å². The largest absolute Gasteiger partial charge is 0.464 e. The molecule has 2 saturated heterocycles. The highest BCUT2D eigenvalue weighted by molar-refractivity contribution is 6.03. The van der Waals surface area contributed by atoms with E-state index in [-0.39, 0.29) is 18.6 Å². The fraction of sp³-hybridized carbons (Fsp3) is 0.600. The Morgan fingerprint density at radius 1 is 1.57 bits per heavy atom. The number of fused-ring (bicyclic) bond motifs is 1. The molecule has 2 aliphatic heterocycles. The summed E-state index contributed by atoms with van der Waals surface area (Å²) in [5, 5.41) is 0. The maximum absolute atomic E-state index is 11.6. The molecule has 2 rings (SSSR count). The number of hydrogen-bond donors (Lipinski definition) is 0. The lowest BCUT2D eigenvalue weighted by molar-refractivity contribution is -0.160. The third-order valence-corrected chi connectivity index (χ3v) is 3.08. The summed E-state index contributed by atoms with van der Waals surface area (Å²) in [4.78, 5) is 23.2. The van der Waals surface area contributed by atoms with Crippen molar-refractivity contribution in [2.45, 2.75) is 19.4 Å². The lowest BCUT2D eigenvalue weighted by atomic mass is 9.75. The Balaban J connectivity index is 2.43. The minimum absolute atomic E-state index is 0.152. The van der Waals surface area contributed by atoms with Gasteiger partial charge in [-0.25, -0.2) is 0 Å². The van der Waals surface area contributed by atoms with Crippen molar-refractivity contribution in [1.82, 2.24) is 0 Å². The average Bonchev–Trinajstić information content (AvgIpc) is 2.56. The lowest BCUT2D eigenvalue weighted by Gasteiger charge is -2.17. The molecule has 0 spiro atoms. The standard InChI is InChI=1S/C10H12O4/c1-3-4-10-7(5-13-8(10)11)6(2)14-9(10)12/h3,6-7H,1,4-5H2,2H3/t6?,7-,10+/m1/s1. The highest BCUT2D eigenvalue weighted by Gasteiger charge is 2.65. The molecule has 0 saturated carbocycles. The maximum Gasteiger partial charge on any atom is 0.324 e. The number of cyclic esters (lactones) is 2. The van der Waals surface area contributed by atoms with Gasteiger partial charge in [-0.2, -0.15) is 0 Å². The zero-order chi connectivity index (χ0) is 10.3. The highest BCUT2D eigenvalue weighted by Crippen LogP contribution is 2.48. The molecule has 0 aromatic rings. The normalized spacial score (nSPS) is 40.4. The predicted molar refractivity (Wildman–Crippen MR) is 47.3 cm³/mol. The van der Waals surface area contributed by atoms with Crippen molar-refractivity contribution >= 4 is 11.9 Å². The van der Waals surface area contributed by atoms with Gasteiger partial charge in [0.25, 0.3) is 0 Å². The molecule has 2 aliphatic rings. The number of carbonyl (C=O) groups is 2. The number of allylic oxidation sites excluding steroid dienone is 1. The summed E-state index contributed by atoms with van der Waals surface area (Å²) in [6.07, 6.45) is 1.63. The summed E-state index contributed by atoms with van der Waals surface area (Å²) in [7, 11) is 0. The van der Waals surface area contributed by atoms with Gasteiger partial charge in [0.05, 0.1) is 12.5 Å². The first-order valence-electron chi connectivity index (χ1n) is 4.62. The van der Waals surface area contributed by atoms with E-state index in [1.54, 1.807) is 13.0 Å². The molecule has 0 aromatic carbocycles. The first kappa shape index (κ1) is 9.24. The molecule has 4 nitrogen and oxygen atoms in total. The SMILES string of the molecule is C=CC[C@@]12C(=O)OC[C@@H]1C(C)OC2=O. The predicted octanol–water partition coefficient (Wildman–Crippen LogP) is 0.667. The number of ether oxygens (including phenoxy) is 2. The quantitative estimate of drug-likeness (QED) is 0.370. The van der Waals surface area contributed by atoms with Gasteiger partial charge in [0.2, 0.25) is 0 Å². The van der Waals surface area contributed by atoms with Crippen LogP contribution in [0.4, 0.5) is 0 Å². The fourth-order valence-electron chi connectivity index (χ4n) is 2.26. The van der Waals surface area contributed by atoms with Crippen LogP contribution < -0.4 is 0 Å². The van der Waals surface area contributed by atoms with Crippen LogP contribution in [0, 0.1) is 11.3 Å². The topological polar surface area (TPSA) is 52.6 Å². The van der Waals surface area contributed by atoms with Crippen LogP contribution in [0.5, 0.6) is 0 Å². The van der Waals surface area contributed by atoms with Crippen molar-refractivity contribution < 1.29 is 19.1 Å². The van der Waals surface area contributed by atoms with Gasteiger partial charge in [-0.15, -0.1) is 6.58 Å². The molecule has 14 heavy (non-hydrogen) atoms.